The summed E-state index contributed by atoms with van der Waals surface area (Å²) in [6.07, 6.45) is 0. The molecule has 0 aliphatic carbocycles. The van der Waals surface area contributed by atoms with Gasteiger partial charge in [0.05, 0.1) is 24.3 Å². The molecule has 3 nitrogen and oxygen atoms in total. The first-order valence-corrected chi connectivity index (χ1v) is 6.06. The number of hydrogen-bond acceptors (Lipinski definition) is 3. The smallest absolute Gasteiger partial charge is 0.337 e. The first-order valence-electron chi connectivity index (χ1n) is 4.14. The summed E-state index contributed by atoms with van der Waals surface area (Å²) in [5, 5.41) is 0.611. The topological polar surface area (TPSA) is 35.5 Å². The zero-order valence-corrected chi connectivity index (χ0v) is 11.5. The second kappa shape index (κ2) is 5.51. The van der Waals surface area contributed by atoms with E-state index in [1.165, 1.54) is 7.11 Å². The molecule has 0 unspecified atom stereocenters. The molecule has 0 N–H and O–H groups in total. The third-order valence-electron chi connectivity index (χ3n) is 1.89. The van der Waals surface area contributed by atoms with E-state index in [4.69, 9.17) is 4.74 Å². The van der Waals surface area contributed by atoms with Crippen LogP contribution < -0.4 is 4.74 Å². The number of esters is 1. The van der Waals surface area contributed by atoms with Crippen molar-refractivity contribution in [1.82, 2.24) is 0 Å². The van der Waals surface area contributed by atoms with Crippen molar-refractivity contribution in [2.75, 3.05) is 14.2 Å². The number of halogens is 2. The van der Waals surface area contributed by atoms with E-state index in [1.807, 2.05) is 0 Å². The zero-order chi connectivity index (χ0) is 11.4. The number of carbonyl (C=O) groups excluding carboxylic acids is 1. The minimum absolute atomic E-state index is 0.361. The lowest BCUT2D eigenvalue weighted by atomic mass is 10.1. The number of ether oxygens (including phenoxy) is 2. The third-order valence-corrected chi connectivity index (χ3v) is 3.08. The number of alkyl halides is 1. The Hall–Kier alpha value is -0.550. The van der Waals surface area contributed by atoms with Crippen LogP contribution in [0.1, 0.15) is 15.9 Å². The van der Waals surface area contributed by atoms with Crippen LogP contribution in [0.2, 0.25) is 0 Å². The Morgan fingerprint density at radius 3 is 2.53 bits per heavy atom. The summed E-state index contributed by atoms with van der Waals surface area (Å²) >= 11 is 6.68. The summed E-state index contributed by atoms with van der Waals surface area (Å²) in [4.78, 5) is 11.3. The molecular weight excluding hydrogens is 328 g/mol. The van der Waals surface area contributed by atoms with Gasteiger partial charge in [-0.25, -0.2) is 4.79 Å². The Bertz CT molecular complexity index is 377. The fourth-order valence-electron chi connectivity index (χ4n) is 1.21. The van der Waals surface area contributed by atoms with Crippen molar-refractivity contribution in [3.8, 4) is 5.75 Å². The molecule has 0 saturated carbocycles. The van der Waals surface area contributed by atoms with E-state index in [0.717, 1.165) is 15.8 Å². The van der Waals surface area contributed by atoms with E-state index in [0.29, 0.717) is 10.9 Å². The largest absolute Gasteiger partial charge is 0.495 e. The van der Waals surface area contributed by atoms with Crippen LogP contribution in [0.5, 0.6) is 5.75 Å². The maximum absolute atomic E-state index is 11.3. The monoisotopic (exact) mass is 336 g/mol. The molecule has 0 aliphatic heterocycles. The van der Waals surface area contributed by atoms with Crippen molar-refractivity contribution in [2.45, 2.75) is 5.33 Å². The third kappa shape index (κ3) is 2.72. The van der Waals surface area contributed by atoms with E-state index in [9.17, 15) is 4.79 Å². The fourth-order valence-corrected chi connectivity index (χ4v) is 2.29. The molecule has 0 amide bonds. The van der Waals surface area contributed by atoms with Gasteiger partial charge in [-0.2, -0.15) is 0 Å². The van der Waals surface area contributed by atoms with Crippen LogP contribution in [-0.2, 0) is 10.1 Å². The molecular formula is C10H10Br2O3. The summed E-state index contributed by atoms with van der Waals surface area (Å²) in [5.74, 6) is 0.361. The van der Waals surface area contributed by atoms with E-state index >= 15 is 0 Å². The lowest BCUT2D eigenvalue weighted by molar-refractivity contribution is 0.0600. The highest BCUT2D eigenvalue weighted by Gasteiger charge is 2.13. The van der Waals surface area contributed by atoms with Crippen molar-refractivity contribution >= 4 is 37.8 Å². The molecule has 0 atom stereocenters. The molecule has 5 heteroatoms. The molecule has 1 aromatic carbocycles. The van der Waals surface area contributed by atoms with Crippen molar-refractivity contribution in [1.29, 1.82) is 0 Å². The van der Waals surface area contributed by atoms with Crippen LogP contribution in [0, 0.1) is 0 Å². The summed E-state index contributed by atoms with van der Waals surface area (Å²) in [6, 6.07) is 3.42. The van der Waals surface area contributed by atoms with Gasteiger partial charge in [-0.1, -0.05) is 15.9 Å². The van der Waals surface area contributed by atoms with Gasteiger partial charge in [0, 0.05) is 10.9 Å². The maximum Gasteiger partial charge on any atom is 0.337 e. The average Bonchev–Trinajstić information content (AvgIpc) is 2.26. The Morgan fingerprint density at radius 2 is 2.07 bits per heavy atom. The Kier molecular flexibility index (Phi) is 4.60. The molecule has 0 heterocycles. The van der Waals surface area contributed by atoms with Crippen LogP contribution in [0.3, 0.4) is 0 Å². The molecule has 82 valence electrons. The highest BCUT2D eigenvalue weighted by Crippen LogP contribution is 2.32. The Balaban J connectivity index is 3.25. The van der Waals surface area contributed by atoms with Crippen molar-refractivity contribution in [2.24, 2.45) is 0 Å². The minimum Gasteiger partial charge on any atom is -0.495 e. The summed E-state index contributed by atoms with van der Waals surface area (Å²) in [6.45, 7) is 0. The molecule has 0 fully saturated rings. The Morgan fingerprint density at radius 1 is 1.40 bits per heavy atom. The van der Waals surface area contributed by atoms with Gasteiger partial charge in [0.1, 0.15) is 5.75 Å². The first-order chi connectivity index (χ1) is 7.13. The van der Waals surface area contributed by atoms with Crippen LogP contribution in [0.25, 0.3) is 0 Å². The first kappa shape index (κ1) is 12.5. The molecule has 0 saturated heterocycles. The summed E-state index contributed by atoms with van der Waals surface area (Å²) in [5.41, 5.74) is 1.40. The molecule has 0 aliphatic rings. The van der Waals surface area contributed by atoms with Crippen LogP contribution in [-0.4, -0.2) is 20.2 Å². The lowest BCUT2D eigenvalue weighted by Crippen LogP contribution is -2.03. The molecule has 0 aromatic heterocycles. The second-order valence-electron chi connectivity index (χ2n) is 2.78. The van der Waals surface area contributed by atoms with Gasteiger partial charge in [-0.05, 0) is 28.1 Å². The molecule has 15 heavy (non-hydrogen) atoms. The number of hydrogen-bond donors (Lipinski definition) is 0. The summed E-state index contributed by atoms with van der Waals surface area (Å²) in [7, 11) is 2.94. The molecule has 0 radical (unpaired) electrons. The van der Waals surface area contributed by atoms with Gasteiger partial charge in [0.2, 0.25) is 0 Å². The van der Waals surface area contributed by atoms with Gasteiger partial charge in [-0.15, -0.1) is 0 Å². The predicted molar refractivity (Wildman–Crippen MR) is 64.7 cm³/mol. The lowest BCUT2D eigenvalue weighted by Gasteiger charge is -2.10. The predicted octanol–water partition coefficient (Wildman–Crippen LogP) is 3.14. The quantitative estimate of drug-likeness (QED) is 0.628. The fraction of sp³-hybridized carbons (Fsp3) is 0.300. The SMILES string of the molecule is COC(=O)c1cc(Br)c(OC)c(CBr)c1. The number of methoxy groups -OCH3 is 2. The zero-order valence-electron chi connectivity index (χ0n) is 8.34. The molecule has 0 spiro atoms. The molecule has 1 rings (SSSR count). The molecule has 1 aromatic rings. The van der Waals surface area contributed by atoms with Gasteiger partial charge in [0.25, 0.3) is 0 Å². The van der Waals surface area contributed by atoms with Gasteiger partial charge in [0.15, 0.2) is 0 Å². The normalized spacial score (nSPS) is 9.87. The highest BCUT2D eigenvalue weighted by molar-refractivity contribution is 9.10. The minimum atomic E-state index is -0.361. The van der Waals surface area contributed by atoms with Crippen molar-refractivity contribution in [3.05, 3.63) is 27.7 Å². The number of benzene rings is 1. The van der Waals surface area contributed by atoms with Crippen LogP contribution in [0.15, 0.2) is 16.6 Å². The standard InChI is InChI=1S/C10H10Br2O3/c1-14-9-7(5-11)3-6(4-8(9)12)10(13)15-2/h3-4H,5H2,1-2H3. The van der Waals surface area contributed by atoms with Gasteiger partial charge >= 0.3 is 5.97 Å². The van der Waals surface area contributed by atoms with Crippen molar-refractivity contribution < 1.29 is 14.3 Å². The Labute approximate surface area is 105 Å². The van der Waals surface area contributed by atoms with Gasteiger partial charge in [-0.3, -0.25) is 0 Å². The summed E-state index contributed by atoms with van der Waals surface area (Å²) < 4.78 is 10.6. The van der Waals surface area contributed by atoms with E-state index < -0.39 is 0 Å². The molecule has 0 bridgehead atoms. The van der Waals surface area contributed by atoms with Crippen LogP contribution >= 0.6 is 31.9 Å². The van der Waals surface area contributed by atoms with Crippen LogP contribution in [0.4, 0.5) is 0 Å². The average molecular weight is 338 g/mol. The van der Waals surface area contributed by atoms with E-state index in [-0.39, 0.29) is 5.97 Å². The van der Waals surface area contributed by atoms with E-state index in [2.05, 4.69) is 36.6 Å². The maximum atomic E-state index is 11.3. The van der Waals surface area contributed by atoms with E-state index in [1.54, 1.807) is 19.2 Å². The number of carbonyl (C=O) groups is 1. The number of rotatable bonds is 3. The second-order valence-corrected chi connectivity index (χ2v) is 4.19. The van der Waals surface area contributed by atoms with Gasteiger partial charge < -0.3 is 9.47 Å². The highest BCUT2D eigenvalue weighted by atomic mass is 79.9. The van der Waals surface area contributed by atoms with Crippen molar-refractivity contribution in [3.63, 3.8) is 0 Å².